The predicted octanol–water partition coefficient (Wildman–Crippen LogP) is 4.28. The number of carbonyl (C=O) groups excluding carboxylic acids is 1. The van der Waals surface area contributed by atoms with Crippen LogP contribution in [0.1, 0.15) is 28.7 Å². The number of benzene rings is 1. The zero-order chi connectivity index (χ0) is 18.5. The number of likely N-dealkylation sites (tertiary alicyclic amines) is 1. The number of nitrogens with two attached hydrogens (primary N) is 1. The first-order chi connectivity index (χ1) is 12.4. The molecule has 0 aliphatic carbocycles. The van der Waals surface area contributed by atoms with E-state index in [1.54, 1.807) is 0 Å². The molecule has 1 aliphatic heterocycles. The Morgan fingerprint density at radius 3 is 2.70 bits per heavy atom. The number of nitrogens with zero attached hydrogens (tertiary/aromatic N) is 3. The second kappa shape index (κ2) is 7.43. The molecule has 1 aliphatic rings. The first-order valence-electron chi connectivity index (χ1n) is 8.65. The van der Waals surface area contributed by atoms with Crippen molar-refractivity contribution in [3.63, 3.8) is 0 Å². The smallest absolute Gasteiger partial charge is 0.264 e. The maximum Gasteiger partial charge on any atom is 0.264 e. The van der Waals surface area contributed by atoms with E-state index in [0.29, 0.717) is 11.6 Å². The van der Waals surface area contributed by atoms with Gasteiger partial charge in [-0.2, -0.15) is 5.10 Å². The van der Waals surface area contributed by atoms with Crippen LogP contribution in [0.5, 0.6) is 0 Å². The Bertz CT molecular complexity index is 982. The van der Waals surface area contributed by atoms with Crippen LogP contribution in [0.15, 0.2) is 30.3 Å². The number of aryl methyl sites for hydroxylation is 1. The number of thiophene rings is 1. The minimum Gasteiger partial charge on any atom is -0.337 e. The van der Waals surface area contributed by atoms with Gasteiger partial charge in [-0.1, -0.05) is 18.5 Å². The van der Waals surface area contributed by atoms with Gasteiger partial charge in [-0.05, 0) is 55.6 Å². The Morgan fingerprint density at radius 1 is 1.37 bits per heavy atom. The Labute approximate surface area is 173 Å². The molecule has 5 nitrogen and oxygen atoms in total. The Kier molecular flexibility index (Phi) is 5.54. The molecule has 0 radical (unpaired) electrons. The highest BCUT2D eigenvalue weighted by atomic mass is 35.5. The fourth-order valence-electron chi connectivity index (χ4n) is 3.43. The van der Waals surface area contributed by atoms with Crippen LogP contribution in [0.25, 0.3) is 15.9 Å². The summed E-state index contributed by atoms with van der Waals surface area (Å²) in [6.45, 7) is 6.21. The molecular weight excluding hydrogens is 403 g/mol. The topological polar surface area (TPSA) is 64.2 Å². The van der Waals surface area contributed by atoms with Gasteiger partial charge < -0.3 is 10.6 Å². The molecule has 3 aromatic rings. The molecule has 1 atom stereocenters. The number of carbonyl (C=O) groups is 1. The first kappa shape index (κ1) is 20.1. The fraction of sp³-hybridized carbons (Fsp3) is 0.368. The van der Waals surface area contributed by atoms with Crippen LogP contribution >= 0.6 is 35.3 Å². The first-order valence-corrected chi connectivity index (χ1v) is 9.84. The van der Waals surface area contributed by atoms with Gasteiger partial charge >= 0.3 is 0 Å². The van der Waals surface area contributed by atoms with Crippen molar-refractivity contribution in [2.75, 3.05) is 19.6 Å². The lowest BCUT2D eigenvalue weighted by molar-refractivity contribution is 0.0782. The van der Waals surface area contributed by atoms with Gasteiger partial charge in [0.15, 0.2) is 0 Å². The molecule has 1 amide bonds. The van der Waals surface area contributed by atoms with Gasteiger partial charge in [-0.25, -0.2) is 4.68 Å². The largest absolute Gasteiger partial charge is 0.337 e. The van der Waals surface area contributed by atoms with Crippen LogP contribution in [0, 0.1) is 12.3 Å². The van der Waals surface area contributed by atoms with Crippen LogP contribution in [0.2, 0.25) is 5.02 Å². The van der Waals surface area contributed by atoms with E-state index in [1.165, 1.54) is 11.3 Å². The van der Waals surface area contributed by atoms with E-state index >= 15 is 0 Å². The molecule has 3 heterocycles. The molecule has 27 heavy (non-hydrogen) atoms. The highest BCUT2D eigenvalue weighted by Crippen LogP contribution is 2.34. The quantitative estimate of drug-likeness (QED) is 0.681. The number of aromatic nitrogens is 2. The van der Waals surface area contributed by atoms with Crippen molar-refractivity contribution in [3.8, 4) is 5.69 Å². The monoisotopic (exact) mass is 424 g/mol. The number of halogens is 2. The van der Waals surface area contributed by atoms with E-state index in [0.717, 1.165) is 46.0 Å². The predicted molar refractivity (Wildman–Crippen MR) is 114 cm³/mol. The lowest BCUT2D eigenvalue weighted by Gasteiger charge is -2.22. The van der Waals surface area contributed by atoms with Crippen LogP contribution in [0.3, 0.4) is 0 Å². The number of rotatable bonds is 3. The van der Waals surface area contributed by atoms with Crippen molar-refractivity contribution < 1.29 is 4.79 Å². The number of hydrogen-bond donors (Lipinski definition) is 1. The third kappa shape index (κ3) is 3.59. The van der Waals surface area contributed by atoms with E-state index in [-0.39, 0.29) is 23.7 Å². The minimum absolute atomic E-state index is 0. The Hall–Kier alpha value is -1.60. The second-order valence-electron chi connectivity index (χ2n) is 7.29. The summed E-state index contributed by atoms with van der Waals surface area (Å²) in [5, 5.41) is 6.34. The lowest BCUT2D eigenvalue weighted by atomic mass is 9.90. The van der Waals surface area contributed by atoms with Gasteiger partial charge in [-0.15, -0.1) is 23.7 Å². The van der Waals surface area contributed by atoms with Gasteiger partial charge in [0.2, 0.25) is 0 Å². The highest BCUT2D eigenvalue weighted by Gasteiger charge is 2.35. The van der Waals surface area contributed by atoms with Crippen LogP contribution in [-0.4, -0.2) is 40.2 Å². The Balaban J connectivity index is 0.00000210. The van der Waals surface area contributed by atoms with Gasteiger partial charge in [0, 0.05) is 23.5 Å². The average Bonchev–Trinajstić information content (AvgIpc) is 3.31. The van der Waals surface area contributed by atoms with Crippen molar-refractivity contribution >= 4 is 51.5 Å². The average molecular weight is 425 g/mol. The molecule has 144 valence electrons. The van der Waals surface area contributed by atoms with E-state index in [1.807, 2.05) is 46.8 Å². The van der Waals surface area contributed by atoms with Gasteiger partial charge in [-0.3, -0.25) is 4.79 Å². The molecular formula is C19H22Cl2N4OS. The molecule has 1 aromatic carbocycles. The van der Waals surface area contributed by atoms with E-state index in [4.69, 9.17) is 17.3 Å². The molecule has 0 saturated carbocycles. The van der Waals surface area contributed by atoms with E-state index in [9.17, 15) is 4.79 Å². The molecule has 0 spiro atoms. The number of amides is 1. The summed E-state index contributed by atoms with van der Waals surface area (Å²) in [4.78, 5) is 16.6. The summed E-state index contributed by atoms with van der Waals surface area (Å²) in [5.74, 6) is 0.0884. The summed E-state index contributed by atoms with van der Waals surface area (Å²) in [6.07, 6.45) is 0.956. The van der Waals surface area contributed by atoms with Crippen molar-refractivity contribution in [3.05, 3.63) is 45.9 Å². The maximum atomic E-state index is 13.0. The van der Waals surface area contributed by atoms with Crippen molar-refractivity contribution in [1.82, 2.24) is 14.7 Å². The van der Waals surface area contributed by atoms with E-state index in [2.05, 4.69) is 12.0 Å². The Morgan fingerprint density at radius 2 is 2.07 bits per heavy atom. The molecule has 1 fully saturated rings. The van der Waals surface area contributed by atoms with Crippen LogP contribution in [-0.2, 0) is 0 Å². The zero-order valence-corrected chi connectivity index (χ0v) is 17.6. The maximum absolute atomic E-state index is 13.0. The summed E-state index contributed by atoms with van der Waals surface area (Å²) in [6, 6.07) is 9.52. The van der Waals surface area contributed by atoms with Crippen molar-refractivity contribution in [2.24, 2.45) is 11.1 Å². The highest BCUT2D eigenvalue weighted by molar-refractivity contribution is 7.20. The number of fused-ring (bicyclic) bond motifs is 1. The summed E-state index contributed by atoms with van der Waals surface area (Å²) < 4.78 is 1.89. The molecule has 4 rings (SSSR count). The third-order valence-electron chi connectivity index (χ3n) is 5.16. The molecule has 1 unspecified atom stereocenters. The van der Waals surface area contributed by atoms with Gasteiger partial charge in [0.25, 0.3) is 5.91 Å². The van der Waals surface area contributed by atoms with Crippen LogP contribution in [0.4, 0.5) is 0 Å². The van der Waals surface area contributed by atoms with Crippen LogP contribution < -0.4 is 5.73 Å². The van der Waals surface area contributed by atoms with Crippen molar-refractivity contribution in [2.45, 2.75) is 20.3 Å². The van der Waals surface area contributed by atoms with Gasteiger partial charge in [0.05, 0.1) is 16.3 Å². The molecule has 1 saturated heterocycles. The summed E-state index contributed by atoms with van der Waals surface area (Å²) >= 11 is 7.48. The second-order valence-corrected chi connectivity index (χ2v) is 8.76. The third-order valence-corrected chi connectivity index (χ3v) is 6.52. The fourth-order valence-corrected chi connectivity index (χ4v) is 4.71. The minimum atomic E-state index is 0. The normalized spacial score (nSPS) is 19.5. The zero-order valence-electron chi connectivity index (χ0n) is 15.2. The summed E-state index contributed by atoms with van der Waals surface area (Å²) in [7, 11) is 0. The molecule has 0 bridgehead atoms. The molecule has 8 heteroatoms. The van der Waals surface area contributed by atoms with Gasteiger partial charge in [0.1, 0.15) is 4.83 Å². The van der Waals surface area contributed by atoms with E-state index < -0.39 is 0 Å². The standard InChI is InChI=1S/C19H21ClN4OS.ClH/c1-12-15-9-16(17(25)23-8-7-19(2,10-21)11-23)26-18(15)24(22-12)14-5-3-13(20)4-6-14;/h3-6,9H,7-8,10-11,21H2,1-2H3;1H. The van der Waals surface area contributed by atoms with Crippen molar-refractivity contribution in [1.29, 1.82) is 0 Å². The number of hydrogen-bond acceptors (Lipinski definition) is 4. The lowest BCUT2D eigenvalue weighted by Crippen LogP contribution is -2.34. The molecule has 2 aromatic heterocycles. The molecule has 2 N–H and O–H groups in total. The SMILES string of the molecule is Cc1nn(-c2ccc(Cl)cc2)c2sc(C(=O)N3CCC(C)(CN)C3)cc12.Cl. The summed E-state index contributed by atoms with van der Waals surface area (Å²) in [5.41, 5.74) is 7.75.